The van der Waals surface area contributed by atoms with Gasteiger partial charge in [0.05, 0.1) is 11.1 Å². The minimum Gasteiger partial charge on any atom is -0.483 e. The Bertz CT molecular complexity index is 3220. The summed E-state index contributed by atoms with van der Waals surface area (Å²) in [4.78, 5) is 13.1. The number of aryl methyl sites for hydroxylation is 8. The summed E-state index contributed by atoms with van der Waals surface area (Å²) < 4.78 is 90.3. The number of hydrogen-bond acceptors (Lipinski definition) is 5. The van der Waals surface area contributed by atoms with E-state index in [1.165, 1.54) is 50.7 Å². The van der Waals surface area contributed by atoms with Crippen LogP contribution in [-0.2, 0) is 29.5 Å². The Kier molecular flexibility index (Phi) is 15.2. The van der Waals surface area contributed by atoms with Crippen molar-refractivity contribution in [3.63, 3.8) is 0 Å². The minimum absolute atomic E-state index is 0.0178. The van der Waals surface area contributed by atoms with Crippen molar-refractivity contribution in [2.24, 2.45) is 35.5 Å². The second-order valence-corrected chi connectivity index (χ2v) is 25.3. The topological polar surface area (TPSA) is 54.0 Å². The van der Waals surface area contributed by atoms with Gasteiger partial charge in [-0.2, -0.15) is 8.78 Å². The predicted molar refractivity (Wildman–Crippen MR) is 304 cm³/mol. The van der Waals surface area contributed by atoms with Gasteiger partial charge >= 0.3 is 5.97 Å². The summed E-state index contributed by atoms with van der Waals surface area (Å²) in [5.74, 6) is -2.44. The molecule has 0 heterocycles. The van der Waals surface area contributed by atoms with Gasteiger partial charge in [0.25, 0.3) is 0 Å². The lowest BCUT2D eigenvalue weighted by Gasteiger charge is -2.33. The maximum Gasteiger partial charge on any atom is 0.343 e. The van der Waals surface area contributed by atoms with Gasteiger partial charge < -0.3 is 18.9 Å². The van der Waals surface area contributed by atoms with E-state index in [2.05, 4.69) is 51.6 Å². The lowest BCUT2D eigenvalue weighted by Crippen LogP contribution is -2.31. The Morgan fingerprint density at radius 2 is 0.974 bits per heavy atom. The first kappa shape index (κ1) is 56.4. The van der Waals surface area contributed by atoms with Crippen LogP contribution in [0.2, 0.25) is 0 Å². The van der Waals surface area contributed by atoms with Gasteiger partial charge in [-0.1, -0.05) is 82.0 Å². The summed E-state index contributed by atoms with van der Waals surface area (Å²) in [7, 11) is 0. The highest BCUT2D eigenvalue weighted by Gasteiger charge is 2.58. The van der Waals surface area contributed by atoms with Crippen LogP contribution in [0.5, 0.6) is 28.7 Å². The average Bonchev–Trinajstić information content (AvgIpc) is 4.16. The Labute approximate surface area is 460 Å². The van der Waals surface area contributed by atoms with Crippen LogP contribution in [-0.4, -0.2) is 5.97 Å². The molecule has 0 radical (unpaired) electrons. The zero-order valence-electron chi connectivity index (χ0n) is 48.5. The van der Waals surface area contributed by atoms with Crippen molar-refractivity contribution in [3.05, 3.63) is 186 Å². The SMILES string of the molecule is C=Cc1ccc(C(=O)Oc2c(C)cc(CC3CCC4C5CCC(C5Cc5cc(C)c(Oc6c(F)c(F)c(C(C)(C)Oc7c(C)cc(C(C)(C)Oc8c(C)cc(C(C)(C)C)cc8C)cc7C)c(F)c6F)c(C)c5)C34)cc2C)cc1. The molecule has 6 aromatic rings. The van der Waals surface area contributed by atoms with Gasteiger partial charge in [0.1, 0.15) is 34.2 Å². The van der Waals surface area contributed by atoms with Gasteiger partial charge in [-0.05, 0) is 259 Å². The van der Waals surface area contributed by atoms with E-state index in [1.54, 1.807) is 32.1 Å². The van der Waals surface area contributed by atoms with Crippen molar-refractivity contribution < 1.29 is 41.3 Å². The molecule has 5 nitrogen and oxygen atoms in total. The Morgan fingerprint density at radius 1 is 0.526 bits per heavy atom. The summed E-state index contributed by atoms with van der Waals surface area (Å²) in [5, 5.41) is 0. The lowest BCUT2D eigenvalue weighted by molar-refractivity contribution is 0.0732. The Hall–Kier alpha value is -6.35. The molecule has 0 amide bonds. The third-order valence-electron chi connectivity index (χ3n) is 17.7. The largest absolute Gasteiger partial charge is 0.483 e. The number of esters is 1. The number of carbonyl (C=O) groups is 1. The molecular weight excluding hydrogens is 985 g/mol. The smallest absolute Gasteiger partial charge is 0.343 e. The second-order valence-electron chi connectivity index (χ2n) is 25.3. The summed E-state index contributed by atoms with van der Waals surface area (Å²) in [6.45, 7) is 32.5. The van der Waals surface area contributed by atoms with E-state index in [4.69, 9.17) is 18.9 Å². The number of rotatable bonds is 15. The molecule has 0 spiro atoms. The first-order chi connectivity index (χ1) is 36.6. The molecule has 2 bridgehead atoms. The van der Waals surface area contributed by atoms with Crippen LogP contribution in [0.1, 0.15) is 162 Å². The monoisotopic (exact) mass is 1060 g/mol. The first-order valence-corrected chi connectivity index (χ1v) is 27.9. The van der Waals surface area contributed by atoms with Crippen molar-refractivity contribution in [3.8, 4) is 28.7 Å². The number of carbonyl (C=O) groups excluding carboxylic acids is 1. The van der Waals surface area contributed by atoms with Gasteiger partial charge in [0, 0.05) is 0 Å². The van der Waals surface area contributed by atoms with Crippen molar-refractivity contribution in [2.45, 2.75) is 159 Å². The summed E-state index contributed by atoms with van der Waals surface area (Å²) in [6, 6.07) is 23.7. The minimum atomic E-state index is -1.85. The highest BCUT2D eigenvalue weighted by molar-refractivity contribution is 5.91. The first-order valence-electron chi connectivity index (χ1n) is 27.9. The van der Waals surface area contributed by atoms with Gasteiger partial charge in [-0.3, -0.25) is 0 Å². The van der Waals surface area contributed by atoms with E-state index < -0.39 is 45.8 Å². The molecule has 0 saturated heterocycles. The average molecular weight is 1060 g/mol. The van der Waals surface area contributed by atoms with E-state index >= 15 is 17.6 Å². The Morgan fingerprint density at radius 3 is 1.49 bits per heavy atom. The van der Waals surface area contributed by atoms with Crippen LogP contribution in [0.25, 0.3) is 6.08 Å². The molecule has 3 aliphatic carbocycles. The number of halogens is 4. The molecule has 6 aromatic carbocycles. The van der Waals surface area contributed by atoms with E-state index in [0.29, 0.717) is 74.8 Å². The molecular formula is C69H78F4O5. The van der Waals surface area contributed by atoms with Gasteiger partial charge in [-0.25, -0.2) is 13.6 Å². The number of ether oxygens (including phenoxy) is 4. The van der Waals surface area contributed by atoms with E-state index in [0.717, 1.165) is 57.5 Å². The van der Waals surface area contributed by atoms with E-state index in [1.807, 2.05) is 91.8 Å². The van der Waals surface area contributed by atoms with E-state index in [-0.39, 0.29) is 17.1 Å². The molecule has 6 atom stereocenters. The second kappa shape index (κ2) is 21.0. The summed E-state index contributed by atoms with van der Waals surface area (Å²) in [6.07, 6.45) is 8.44. The third kappa shape index (κ3) is 10.6. The molecule has 0 N–H and O–H groups in total. The molecule has 0 aromatic heterocycles. The van der Waals surface area contributed by atoms with Crippen LogP contribution in [0.3, 0.4) is 0 Å². The molecule has 3 fully saturated rings. The predicted octanol–water partition coefficient (Wildman–Crippen LogP) is 18.4. The number of benzene rings is 6. The van der Waals surface area contributed by atoms with Crippen molar-refractivity contribution in [1.82, 2.24) is 0 Å². The fourth-order valence-corrected chi connectivity index (χ4v) is 14.1. The van der Waals surface area contributed by atoms with Crippen molar-refractivity contribution in [1.29, 1.82) is 0 Å². The lowest BCUT2D eigenvalue weighted by atomic mass is 9.76. The standard InChI is InChI=1S/C69H78F4O5/c1-17-44-18-20-47(21-19-44)66(74)76-62-38(4)26-45(27-39(62)5)34-48-22-23-52-51-24-25-53(55(48)52)54(51)35-46-28-36(2)61(37(3)29-46)75-65-59(72)57(70)56(58(71)60(65)73)69(15,16)78-64-42(8)32-50(33-43(64)9)68(13,14)77-63-40(6)30-49(31-41(63)7)67(10,11)12/h17-21,26-33,48,51-55H,1,22-25,34-35H2,2-16H3. The fourth-order valence-electron chi connectivity index (χ4n) is 14.1. The quantitative estimate of drug-likeness (QED) is 0.0444. The summed E-state index contributed by atoms with van der Waals surface area (Å²) >= 11 is 0. The van der Waals surface area contributed by atoms with E-state index in [9.17, 15) is 4.79 Å². The van der Waals surface area contributed by atoms with Crippen molar-refractivity contribution >= 4 is 12.0 Å². The molecule has 9 heteroatoms. The molecule has 0 aliphatic heterocycles. The van der Waals surface area contributed by atoms with Crippen LogP contribution in [0.4, 0.5) is 17.6 Å². The number of hydrogen-bond donors (Lipinski definition) is 0. The zero-order valence-corrected chi connectivity index (χ0v) is 48.5. The number of fused-ring (bicyclic) bond motifs is 5. The van der Waals surface area contributed by atoms with Crippen molar-refractivity contribution in [2.75, 3.05) is 0 Å². The molecule has 3 aliphatic rings. The maximum absolute atomic E-state index is 16.4. The van der Waals surface area contributed by atoms with Gasteiger partial charge in [0.15, 0.2) is 11.6 Å². The maximum atomic E-state index is 16.4. The van der Waals surface area contributed by atoms with Gasteiger partial charge in [-0.15, -0.1) is 0 Å². The normalized spacial score (nSPS) is 20.0. The molecule has 3 saturated carbocycles. The third-order valence-corrected chi connectivity index (χ3v) is 17.7. The highest BCUT2D eigenvalue weighted by atomic mass is 19.2. The molecule has 412 valence electrons. The zero-order chi connectivity index (χ0) is 56.7. The van der Waals surface area contributed by atoms with Gasteiger partial charge in [0.2, 0.25) is 17.4 Å². The molecule has 9 rings (SSSR count). The highest BCUT2D eigenvalue weighted by Crippen LogP contribution is 2.64. The van der Waals surface area contributed by atoms with Crippen LogP contribution in [0.15, 0.2) is 79.4 Å². The Balaban J connectivity index is 0.875. The van der Waals surface area contributed by atoms with Crippen LogP contribution >= 0.6 is 0 Å². The summed E-state index contributed by atoms with van der Waals surface area (Å²) in [5.41, 5.74) is 8.89. The van der Waals surface area contributed by atoms with Crippen LogP contribution in [0, 0.1) is 114 Å². The fraction of sp³-hybridized carbons (Fsp3) is 0.435. The van der Waals surface area contributed by atoms with Crippen LogP contribution < -0.4 is 18.9 Å². The molecule has 6 unspecified atom stereocenters. The molecule has 78 heavy (non-hydrogen) atoms.